The van der Waals surface area contributed by atoms with E-state index in [0.717, 1.165) is 12.0 Å². The number of nitrogens with one attached hydrogen (secondary N) is 1. The van der Waals surface area contributed by atoms with Crippen molar-refractivity contribution in [1.29, 1.82) is 0 Å². The lowest BCUT2D eigenvalue weighted by molar-refractivity contribution is -0.121. The van der Waals surface area contributed by atoms with Crippen LogP contribution >= 0.6 is 0 Å². The van der Waals surface area contributed by atoms with Crippen LogP contribution in [-0.4, -0.2) is 19.1 Å². The van der Waals surface area contributed by atoms with Gasteiger partial charge in [0.2, 0.25) is 5.91 Å². The van der Waals surface area contributed by atoms with Crippen molar-refractivity contribution in [2.75, 3.05) is 13.2 Å². The standard InChI is InChI=1S/C9H18N2O2/c1-8(2)5-7-13-6-3-4-9(12)11-10/h1,3-7,10H2,2H3,(H,11,12). The van der Waals surface area contributed by atoms with Crippen molar-refractivity contribution in [1.82, 2.24) is 5.43 Å². The summed E-state index contributed by atoms with van der Waals surface area (Å²) in [7, 11) is 0. The Balaban J connectivity index is 3.08. The van der Waals surface area contributed by atoms with Crippen molar-refractivity contribution >= 4 is 5.91 Å². The predicted octanol–water partition coefficient (Wildman–Crippen LogP) is 0.739. The molecule has 0 aliphatic heterocycles. The molecule has 0 aliphatic rings. The lowest BCUT2D eigenvalue weighted by atomic mass is 10.2. The molecule has 0 heterocycles. The summed E-state index contributed by atoms with van der Waals surface area (Å²) in [5.74, 6) is 4.75. The van der Waals surface area contributed by atoms with Crippen LogP contribution in [0.3, 0.4) is 0 Å². The zero-order chi connectivity index (χ0) is 10.1. The second-order valence-corrected chi connectivity index (χ2v) is 2.99. The molecule has 4 nitrogen and oxygen atoms in total. The first-order chi connectivity index (χ1) is 6.16. The average Bonchev–Trinajstić information content (AvgIpc) is 2.10. The largest absolute Gasteiger partial charge is 0.381 e. The first-order valence-electron chi connectivity index (χ1n) is 4.38. The van der Waals surface area contributed by atoms with E-state index < -0.39 is 0 Å². The Morgan fingerprint density at radius 3 is 2.69 bits per heavy atom. The summed E-state index contributed by atoms with van der Waals surface area (Å²) in [4.78, 5) is 10.6. The number of hydrogen-bond acceptors (Lipinski definition) is 3. The number of hydrogen-bond donors (Lipinski definition) is 2. The van der Waals surface area contributed by atoms with Gasteiger partial charge in [-0.25, -0.2) is 5.84 Å². The maximum atomic E-state index is 10.6. The summed E-state index contributed by atoms with van der Waals surface area (Å²) in [5, 5.41) is 0. The monoisotopic (exact) mass is 186 g/mol. The SMILES string of the molecule is C=C(C)CCOCCCC(=O)NN. The van der Waals surface area contributed by atoms with Gasteiger partial charge in [0, 0.05) is 13.0 Å². The van der Waals surface area contributed by atoms with Crippen LogP contribution in [-0.2, 0) is 9.53 Å². The second kappa shape index (κ2) is 7.76. The molecule has 0 saturated carbocycles. The quantitative estimate of drug-likeness (QED) is 0.203. The molecule has 0 saturated heterocycles. The molecule has 3 N–H and O–H groups in total. The first-order valence-corrected chi connectivity index (χ1v) is 4.38. The fourth-order valence-corrected chi connectivity index (χ4v) is 0.755. The maximum Gasteiger partial charge on any atom is 0.233 e. The minimum atomic E-state index is -0.150. The molecule has 0 aliphatic carbocycles. The van der Waals surface area contributed by atoms with Gasteiger partial charge in [0.1, 0.15) is 0 Å². The fraction of sp³-hybridized carbons (Fsp3) is 0.667. The van der Waals surface area contributed by atoms with E-state index in [0.29, 0.717) is 26.1 Å². The van der Waals surface area contributed by atoms with Gasteiger partial charge in [-0.15, -0.1) is 6.58 Å². The molecule has 0 fully saturated rings. The minimum Gasteiger partial charge on any atom is -0.381 e. The fourth-order valence-electron chi connectivity index (χ4n) is 0.755. The molecule has 0 aromatic rings. The summed E-state index contributed by atoms with van der Waals surface area (Å²) in [6.45, 7) is 7.00. The zero-order valence-electron chi connectivity index (χ0n) is 8.14. The van der Waals surface area contributed by atoms with E-state index >= 15 is 0 Å². The molecule has 0 aromatic heterocycles. The van der Waals surface area contributed by atoms with Gasteiger partial charge in [0.05, 0.1) is 6.61 Å². The molecule has 0 rings (SSSR count). The number of amides is 1. The van der Waals surface area contributed by atoms with Crippen LogP contribution < -0.4 is 11.3 Å². The van der Waals surface area contributed by atoms with Gasteiger partial charge in [0.15, 0.2) is 0 Å². The van der Waals surface area contributed by atoms with Crippen LogP contribution in [0.4, 0.5) is 0 Å². The molecule has 0 atom stereocenters. The van der Waals surface area contributed by atoms with Crippen LogP contribution in [0.15, 0.2) is 12.2 Å². The Morgan fingerprint density at radius 1 is 1.46 bits per heavy atom. The van der Waals surface area contributed by atoms with Gasteiger partial charge in [-0.1, -0.05) is 5.57 Å². The lowest BCUT2D eigenvalue weighted by Gasteiger charge is -2.03. The summed E-state index contributed by atoms with van der Waals surface area (Å²) in [6.07, 6.45) is 2.01. The third-order valence-corrected chi connectivity index (χ3v) is 1.53. The highest BCUT2D eigenvalue weighted by Gasteiger charge is 1.97. The molecule has 4 heteroatoms. The van der Waals surface area contributed by atoms with Gasteiger partial charge < -0.3 is 4.74 Å². The number of carbonyl (C=O) groups excluding carboxylic acids is 1. The lowest BCUT2D eigenvalue weighted by Crippen LogP contribution is -2.29. The highest BCUT2D eigenvalue weighted by Crippen LogP contribution is 1.96. The van der Waals surface area contributed by atoms with Crippen molar-refractivity contribution < 1.29 is 9.53 Å². The Bertz CT molecular complexity index is 169. The Hall–Kier alpha value is -0.870. The molecule has 13 heavy (non-hydrogen) atoms. The molecule has 76 valence electrons. The van der Waals surface area contributed by atoms with E-state index in [9.17, 15) is 4.79 Å². The molecular weight excluding hydrogens is 168 g/mol. The zero-order valence-corrected chi connectivity index (χ0v) is 8.14. The van der Waals surface area contributed by atoms with E-state index in [2.05, 4.69) is 12.0 Å². The Morgan fingerprint density at radius 2 is 2.15 bits per heavy atom. The molecule has 0 aromatic carbocycles. The normalized spacial score (nSPS) is 9.69. The average molecular weight is 186 g/mol. The van der Waals surface area contributed by atoms with E-state index in [1.807, 2.05) is 6.92 Å². The number of rotatable bonds is 7. The van der Waals surface area contributed by atoms with Gasteiger partial charge in [-0.3, -0.25) is 10.2 Å². The van der Waals surface area contributed by atoms with Gasteiger partial charge in [0.25, 0.3) is 0 Å². The van der Waals surface area contributed by atoms with Gasteiger partial charge in [-0.2, -0.15) is 0 Å². The Kier molecular flexibility index (Phi) is 7.24. The Labute approximate surface area is 79.1 Å². The molecule has 1 amide bonds. The van der Waals surface area contributed by atoms with Crippen molar-refractivity contribution in [3.8, 4) is 0 Å². The van der Waals surface area contributed by atoms with Crippen LogP contribution in [0.5, 0.6) is 0 Å². The topological polar surface area (TPSA) is 64.3 Å². The van der Waals surface area contributed by atoms with Crippen LogP contribution in [0.2, 0.25) is 0 Å². The third kappa shape index (κ3) is 9.04. The number of hydrazine groups is 1. The van der Waals surface area contributed by atoms with Crippen molar-refractivity contribution in [3.63, 3.8) is 0 Å². The highest BCUT2D eigenvalue weighted by atomic mass is 16.5. The maximum absolute atomic E-state index is 10.6. The summed E-state index contributed by atoms with van der Waals surface area (Å²) >= 11 is 0. The summed E-state index contributed by atoms with van der Waals surface area (Å²) in [6, 6.07) is 0. The molecule has 0 unspecified atom stereocenters. The van der Waals surface area contributed by atoms with E-state index in [4.69, 9.17) is 10.6 Å². The van der Waals surface area contributed by atoms with Gasteiger partial charge in [-0.05, 0) is 19.8 Å². The van der Waals surface area contributed by atoms with Crippen molar-refractivity contribution in [3.05, 3.63) is 12.2 Å². The number of ether oxygens (including phenoxy) is 1. The second-order valence-electron chi connectivity index (χ2n) is 2.99. The van der Waals surface area contributed by atoms with Crippen LogP contribution in [0.25, 0.3) is 0 Å². The van der Waals surface area contributed by atoms with E-state index in [1.165, 1.54) is 0 Å². The molecule has 0 radical (unpaired) electrons. The van der Waals surface area contributed by atoms with Gasteiger partial charge >= 0.3 is 0 Å². The number of carbonyl (C=O) groups is 1. The molecule has 0 bridgehead atoms. The summed E-state index contributed by atoms with van der Waals surface area (Å²) in [5.41, 5.74) is 3.18. The van der Waals surface area contributed by atoms with E-state index in [1.54, 1.807) is 0 Å². The van der Waals surface area contributed by atoms with Crippen LogP contribution in [0, 0.1) is 0 Å². The predicted molar refractivity (Wildman–Crippen MR) is 51.8 cm³/mol. The van der Waals surface area contributed by atoms with Crippen molar-refractivity contribution in [2.45, 2.75) is 26.2 Å². The highest BCUT2D eigenvalue weighted by molar-refractivity contribution is 5.75. The van der Waals surface area contributed by atoms with E-state index in [-0.39, 0.29) is 5.91 Å². The minimum absolute atomic E-state index is 0.150. The number of nitrogens with two attached hydrogens (primary N) is 1. The summed E-state index contributed by atoms with van der Waals surface area (Å²) < 4.78 is 5.26. The first kappa shape index (κ1) is 12.1. The molecular formula is C9H18N2O2. The third-order valence-electron chi connectivity index (χ3n) is 1.53. The molecule has 0 spiro atoms. The van der Waals surface area contributed by atoms with Crippen LogP contribution in [0.1, 0.15) is 26.2 Å². The van der Waals surface area contributed by atoms with Crippen molar-refractivity contribution in [2.24, 2.45) is 5.84 Å². The smallest absolute Gasteiger partial charge is 0.233 e.